The van der Waals surface area contributed by atoms with Gasteiger partial charge in [-0.25, -0.2) is 4.68 Å². The summed E-state index contributed by atoms with van der Waals surface area (Å²) in [6.45, 7) is 6.47. The van der Waals surface area contributed by atoms with E-state index in [1.54, 1.807) is 0 Å². The van der Waals surface area contributed by atoms with Gasteiger partial charge in [-0.15, -0.1) is 0 Å². The van der Waals surface area contributed by atoms with Gasteiger partial charge in [-0.05, 0) is 38.0 Å². The molecule has 0 aliphatic carbocycles. The number of rotatable bonds is 3. The monoisotopic (exact) mass is 285 g/mol. The Balaban J connectivity index is 1.93. The molecular weight excluding hydrogens is 262 g/mol. The fourth-order valence-electron chi connectivity index (χ4n) is 3.46. The van der Waals surface area contributed by atoms with Crippen molar-refractivity contribution in [2.75, 3.05) is 0 Å². The van der Waals surface area contributed by atoms with Gasteiger partial charge in [-0.1, -0.05) is 25.1 Å². The van der Waals surface area contributed by atoms with Gasteiger partial charge < -0.3 is 10.5 Å². The summed E-state index contributed by atoms with van der Waals surface area (Å²) in [6, 6.07) is 12.1. The second kappa shape index (κ2) is 5.62. The van der Waals surface area contributed by atoms with Gasteiger partial charge >= 0.3 is 0 Å². The highest BCUT2D eigenvalue weighted by Gasteiger charge is 2.41. The minimum absolute atomic E-state index is 0.0809. The van der Waals surface area contributed by atoms with Crippen molar-refractivity contribution in [1.82, 2.24) is 9.78 Å². The smallest absolute Gasteiger partial charge is 0.0649 e. The zero-order valence-electron chi connectivity index (χ0n) is 12.8. The van der Waals surface area contributed by atoms with Crippen molar-refractivity contribution >= 4 is 0 Å². The van der Waals surface area contributed by atoms with Crippen molar-refractivity contribution in [2.45, 2.75) is 39.0 Å². The van der Waals surface area contributed by atoms with Crippen LogP contribution >= 0.6 is 0 Å². The molecule has 4 heteroatoms. The molecule has 2 aromatic rings. The predicted octanol–water partition coefficient (Wildman–Crippen LogP) is 2.93. The molecule has 0 amide bonds. The molecule has 2 N–H and O–H groups in total. The highest BCUT2D eigenvalue weighted by Crippen LogP contribution is 2.39. The summed E-state index contributed by atoms with van der Waals surface area (Å²) in [4.78, 5) is 0. The first kappa shape index (κ1) is 14.3. The first-order chi connectivity index (χ1) is 10.1. The Bertz CT molecular complexity index is 595. The van der Waals surface area contributed by atoms with E-state index in [4.69, 9.17) is 10.5 Å². The first-order valence-electron chi connectivity index (χ1n) is 7.60. The topological polar surface area (TPSA) is 53.1 Å². The molecule has 3 rings (SSSR count). The molecule has 5 atom stereocenters. The van der Waals surface area contributed by atoms with Crippen molar-refractivity contribution in [1.29, 1.82) is 0 Å². The van der Waals surface area contributed by atoms with Crippen molar-refractivity contribution in [2.24, 2.45) is 17.6 Å². The summed E-state index contributed by atoms with van der Waals surface area (Å²) < 4.78 is 7.88. The quantitative estimate of drug-likeness (QED) is 0.943. The zero-order chi connectivity index (χ0) is 15.0. The molecule has 21 heavy (non-hydrogen) atoms. The number of nitrogens with zero attached hydrogens (tertiary/aromatic N) is 2. The molecule has 112 valence electrons. The van der Waals surface area contributed by atoms with Gasteiger partial charge in [0.15, 0.2) is 0 Å². The molecule has 2 heterocycles. The standard InChI is InChI=1S/C17H23N3O/c1-11-12(2)21-13(3)16(11)17(18)15-9-10-19-20(15)14-7-5-4-6-8-14/h4-13,16-17H,18H2,1-3H3. The highest BCUT2D eigenvalue weighted by atomic mass is 16.5. The van der Waals surface area contributed by atoms with Crippen molar-refractivity contribution in [3.8, 4) is 5.69 Å². The second-order valence-electron chi connectivity index (χ2n) is 6.01. The van der Waals surface area contributed by atoms with E-state index in [-0.39, 0.29) is 18.2 Å². The van der Waals surface area contributed by atoms with Crippen LogP contribution in [0.25, 0.3) is 5.69 Å². The summed E-state index contributed by atoms with van der Waals surface area (Å²) in [5, 5.41) is 4.44. The molecule has 0 spiro atoms. The maximum absolute atomic E-state index is 6.59. The van der Waals surface area contributed by atoms with E-state index in [0.29, 0.717) is 11.8 Å². The molecule has 1 aromatic carbocycles. The van der Waals surface area contributed by atoms with E-state index >= 15 is 0 Å². The van der Waals surface area contributed by atoms with Crippen LogP contribution < -0.4 is 5.73 Å². The predicted molar refractivity (Wildman–Crippen MR) is 83.2 cm³/mol. The highest BCUT2D eigenvalue weighted by molar-refractivity contribution is 5.33. The van der Waals surface area contributed by atoms with E-state index < -0.39 is 0 Å². The van der Waals surface area contributed by atoms with Crippen LogP contribution in [0.5, 0.6) is 0 Å². The van der Waals surface area contributed by atoms with Crippen molar-refractivity contribution < 1.29 is 4.74 Å². The van der Waals surface area contributed by atoms with Crippen LogP contribution in [0.1, 0.15) is 32.5 Å². The average Bonchev–Trinajstić information content (AvgIpc) is 3.05. The third-order valence-electron chi connectivity index (χ3n) is 4.75. The Labute approximate surface area is 125 Å². The fraction of sp³-hybridized carbons (Fsp3) is 0.471. The molecule has 0 saturated carbocycles. The lowest BCUT2D eigenvalue weighted by atomic mass is 9.82. The minimum atomic E-state index is -0.0809. The molecule has 5 unspecified atom stereocenters. The summed E-state index contributed by atoms with van der Waals surface area (Å²) in [5.74, 6) is 0.744. The van der Waals surface area contributed by atoms with Crippen molar-refractivity contribution in [3.63, 3.8) is 0 Å². The van der Waals surface area contributed by atoms with Gasteiger partial charge in [-0.2, -0.15) is 5.10 Å². The SMILES string of the molecule is CC1OC(C)C(C(N)c2ccnn2-c2ccccc2)C1C. The third kappa shape index (κ3) is 2.49. The van der Waals surface area contributed by atoms with Gasteiger partial charge in [0.2, 0.25) is 0 Å². The maximum Gasteiger partial charge on any atom is 0.0649 e. The molecular formula is C17H23N3O. The van der Waals surface area contributed by atoms with E-state index in [9.17, 15) is 0 Å². The van der Waals surface area contributed by atoms with Crippen LogP contribution in [-0.2, 0) is 4.74 Å². The van der Waals surface area contributed by atoms with E-state index in [0.717, 1.165) is 11.4 Å². The lowest BCUT2D eigenvalue weighted by Gasteiger charge is -2.26. The molecule has 1 fully saturated rings. The zero-order valence-corrected chi connectivity index (χ0v) is 12.8. The maximum atomic E-state index is 6.59. The summed E-state index contributed by atoms with van der Waals surface area (Å²) >= 11 is 0. The first-order valence-corrected chi connectivity index (χ1v) is 7.60. The molecule has 1 aliphatic heterocycles. The number of benzene rings is 1. The van der Waals surface area contributed by atoms with Crippen LogP contribution in [0.4, 0.5) is 0 Å². The van der Waals surface area contributed by atoms with Crippen LogP contribution in [-0.4, -0.2) is 22.0 Å². The van der Waals surface area contributed by atoms with Crippen molar-refractivity contribution in [3.05, 3.63) is 48.3 Å². The Morgan fingerprint density at radius 3 is 2.43 bits per heavy atom. The van der Waals surface area contributed by atoms with Crippen LogP contribution in [0.2, 0.25) is 0 Å². The summed E-state index contributed by atoms with van der Waals surface area (Å²) in [5.41, 5.74) is 8.67. The molecule has 4 nitrogen and oxygen atoms in total. The van der Waals surface area contributed by atoms with E-state index in [2.05, 4.69) is 25.9 Å². The normalized spacial score (nSPS) is 30.5. The Hall–Kier alpha value is -1.65. The van der Waals surface area contributed by atoms with Gasteiger partial charge in [0.05, 0.1) is 29.6 Å². The largest absolute Gasteiger partial charge is 0.375 e. The summed E-state index contributed by atoms with van der Waals surface area (Å²) in [7, 11) is 0. The fourth-order valence-corrected chi connectivity index (χ4v) is 3.46. The Kier molecular flexibility index (Phi) is 3.83. The Morgan fingerprint density at radius 2 is 1.81 bits per heavy atom. The lowest BCUT2D eigenvalue weighted by Crippen LogP contribution is -2.32. The van der Waals surface area contributed by atoms with Gasteiger partial charge in [-0.3, -0.25) is 0 Å². The third-order valence-corrected chi connectivity index (χ3v) is 4.75. The number of hydrogen-bond acceptors (Lipinski definition) is 3. The van der Waals surface area contributed by atoms with Gasteiger partial charge in [0.25, 0.3) is 0 Å². The number of aromatic nitrogens is 2. The molecule has 0 bridgehead atoms. The molecule has 1 aliphatic rings. The molecule has 1 aromatic heterocycles. The van der Waals surface area contributed by atoms with Crippen LogP contribution in [0.15, 0.2) is 42.6 Å². The number of ether oxygens (including phenoxy) is 1. The summed E-state index contributed by atoms with van der Waals surface area (Å²) in [6.07, 6.45) is 2.24. The number of para-hydroxylation sites is 1. The Morgan fingerprint density at radius 1 is 1.10 bits per heavy atom. The van der Waals surface area contributed by atoms with Gasteiger partial charge in [0.1, 0.15) is 0 Å². The van der Waals surface area contributed by atoms with Gasteiger partial charge in [0, 0.05) is 12.1 Å². The molecule has 0 radical (unpaired) electrons. The second-order valence-corrected chi connectivity index (χ2v) is 6.01. The van der Waals surface area contributed by atoms with E-state index in [1.807, 2.05) is 47.3 Å². The van der Waals surface area contributed by atoms with E-state index in [1.165, 1.54) is 0 Å². The lowest BCUT2D eigenvalue weighted by molar-refractivity contribution is 0.0487. The number of nitrogens with two attached hydrogens (primary N) is 1. The van der Waals surface area contributed by atoms with Crippen LogP contribution in [0.3, 0.4) is 0 Å². The minimum Gasteiger partial charge on any atom is -0.375 e. The van der Waals surface area contributed by atoms with Crippen LogP contribution in [0, 0.1) is 11.8 Å². The average molecular weight is 285 g/mol. The number of hydrogen-bond donors (Lipinski definition) is 1. The molecule has 1 saturated heterocycles.